The molecule has 0 aliphatic heterocycles. The number of amides is 4. The van der Waals surface area contributed by atoms with Gasteiger partial charge in [0.25, 0.3) is 0 Å². The maximum absolute atomic E-state index is 10.7. The van der Waals surface area contributed by atoms with Crippen LogP contribution in [0.4, 0.5) is 9.59 Å². The molecule has 0 saturated carbocycles. The first-order chi connectivity index (χ1) is 5.50. The third kappa shape index (κ3) is 2.77. The fourth-order valence-corrected chi connectivity index (χ4v) is 1.09. The molecule has 0 radical (unpaired) electrons. The Morgan fingerprint density at radius 3 is 2.00 bits per heavy atom. The lowest BCUT2D eigenvalue weighted by Crippen LogP contribution is -2.48. The maximum Gasteiger partial charge on any atom is 0.323 e. The predicted molar refractivity (Wildman–Crippen MR) is 45.4 cm³/mol. The van der Waals surface area contributed by atoms with E-state index in [1.54, 1.807) is 6.92 Å². The first kappa shape index (κ1) is 10.7. The van der Waals surface area contributed by atoms with Gasteiger partial charge in [-0.25, -0.2) is 14.5 Å². The van der Waals surface area contributed by atoms with Crippen LogP contribution in [0.1, 0.15) is 26.7 Å². The van der Waals surface area contributed by atoms with Gasteiger partial charge in [0.1, 0.15) is 0 Å². The number of hydrogen-bond donors (Lipinski definition) is 2. The average Bonchev–Trinajstić information content (AvgIpc) is 1.85. The summed E-state index contributed by atoms with van der Waals surface area (Å²) in [6.07, 6.45) is 1.59. The van der Waals surface area contributed by atoms with Crippen molar-refractivity contribution in [3.63, 3.8) is 0 Å². The standard InChI is InChI=1S/C7H15N3O2/c1-3-4-5(2)10(6(8)11)7(9)12/h5H,3-4H2,1-2H3,(H2,8,11)(H2,9,12). The Labute approximate surface area is 71.7 Å². The van der Waals surface area contributed by atoms with Crippen LogP contribution in [0.5, 0.6) is 0 Å². The molecule has 70 valence electrons. The molecule has 5 nitrogen and oxygen atoms in total. The normalized spacial score (nSPS) is 12.2. The molecule has 0 aromatic heterocycles. The lowest BCUT2D eigenvalue weighted by Gasteiger charge is -2.22. The van der Waals surface area contributed by atoms with Crippen molar-refractivity contribution in [3.8, 4) is 0 Å². The van der Waals surface area contributed by atoms with Gasteiger partial charge in [-0.3, -0.25) is 0 Å². The molecular formula is C7H15N3O2. The fourth-order valence-electron chi connectivity index (χ4n) is 1.09. The lowest BCUT2D eigenvalue weighted by molar-refractivity contribution is 0.181. The number of urea groups is 2. The Hall–Kier alpha value is -1.26. The Morgan fingerprint density at radius 2 is 1.75 bits per heavy atom. The topological polar surface area (TPSA) is 89.4 Å². The molecule has 1 unspecified atom stereocenters. The summed E-state index contributed by atoms with van der Waals surface area (Å²) in [6.45, 7) is 3.69. The van der Waals surface area contributed by atoms with Crippen LogP contribution in [-0.2, 0) is 0 Å². The molecule has 5 heteroatoms. The van der Waals surface area contributed by atoms with Gasteiger partial charge in [0.2, 0.25) is 0 Å². The highest BCUT2D eigenvalue weighted by atomic mass is 16.2. The molecule has 0 fully saturated rings. The number of carbonyl (C=O) groups excluding carboxylic acids is 2. The van der Waals surface area contributed by atoms with Gasteiger partial charge in [-0.1, -0.05) is 13.3 Å². The monoisotopic (exact) mass is 173 g/mol. The van der Waals surface area contributed by atoms with E-state index in [0.717, 1.165) is 11.3 Å². The highest BCUT2D eigenvalue weighted by Gasteiger charge is 2.21. The van der Waals surface area contributed by atoms with Crippen molar-refractivity contribution in [2.75, 3.05) is 0 Å². The molecule has 4 N–H and O–H groups in total. The summed E-state index contributed by atoms with van der Waals surface area (Å²) in [4.78, 5) is 22.3. The summed E-state index contributed by atoms with van der Waals surface area (Å²) >= 11 is 0. The van der Waals surface area contributed by atoms with Crippen LogP contribution in [0.2, 0.25) is 0 Å². The van der Waals surface area contributed by atoms with Gasteiger partial charge in [-0.2, -0.15) is 0 Å². The summed E-state index contributed by atoms with van der Waals surface area (Å²) < 4.78 is 0. The summed E-state index contributed by atoms with van der Waals surface area (Å²) in [6, 6.07) is -1.79. The van der Waals surface area contributed by atoms with E-state index >= 15 is 0 Å². The van der Waals surface area contributed by atoms with Gasteiger partial charge in [-0.05, 0) is 13.3 Å². The van der Waals surface area contributed by atoms with Crippen LogP contribution in [0, 0.1) is 0 Å². The number of carbonyl (C=O) groups is 2. The molecular weight excluding hydrogens is 158 g/mol. The van der Waals surface area contributed by atoms with Gasteiger partial charge in [-0.15, -0.1) is 0 Å². The minimum atomic E-state index is -0.788. The quantitative estimate of drug-likeness (QED) is 0.655. The Morgan fingerprint density at radius 1 is 1.33 bits per heavy atom. The van der Waals surface area contributed by atoms with Gasteiger partial charge in [0, 0.05) is 6.04 Å². The van der Waals surface area contributed by atoms with Crippen LogP contribution in [0.15, 0.2) is 0 Å². The maximum atomic E-state index is 10.7. The SMILES string of the molecule is CCCC(C)N(C(N)=O)C(N)=O. The molecule has 0 heterocycles. The van der Waals surface area contributed by atoms with Gasteiger partial charge in [0.15, 0.2) is 0 Å². The fraction of sp³-hybridized carbons (Fsp3) is 0.714. The molecule has 0 aromatic rings. The number of hydrogen-bond acceptors (Lipinski definition) is 2. The number of primary amides is 2. The molecule has 0 aromatic carbocycles. The van der Waals surface area contributed by atoms with E-state index in [1.165, 1.54) is 0 Å². The number of rotatable bonds is 3. The van der Waals surface area contributed by atoms with Crippen molar-refractivity contribution in [2.24, 2.45) is 11.5 Å². The van der Waals surface area contributed by atoms with E-state index in [4.69, 9.17) is 11.5 Å². The third-order valence-corrected chi connectivity index (χ3v) is 1.62. The third-order valence-electron chi connectivity index (χ3n) is 1.62. The second-order valence-corrected chi connectivity index (χ2v) is 2.68. The minimum absolute atomic E-state index is 0.218. The Bertz CT molecular complexity index is 167. The minimum Gasteiger partial charge on any atom is -0.351 e. The van der Waals surface area contributed by atoms with Gasteiger partial charge in [0.05, 0.1) is 0 Å². The van der Waals surface area contributed by atoms with Gasteiger partial charge >= 0.3 is 12.1 Å². The second kappa shape index (κ2) is 4.58. The first-order valence-electron chi connectivity index (χ1n) is 3.88. The summed E-state index contributed by atoms with van der Waals surface area (Å²) in [5, 5.41) is 0. The molecule has 0 spiro atoms. The van der Waals surface area contributed by atoms with E-state index in [-0.39, 0.29) is 6.04 Å². The van der Waals surface area contributed by atoms with Crippen molar-refractivity contribution in [2.45, 2.75) is 32.7 Å². The van der Waals surface area contributed by atoms with Crippen LogP contribution in [-0.4, -0.2) is 23.0 Å². The van der Waals surface area contributed by atoms with Crippen LogP contribution >= 0.6 is 0 Å². The van der Waals surface area contributed by atoms with Crippen LogP contribution in [0.3, 0.4) is 0 Å². The highest BCUT2D eigenvalue weighted by Crippen LogP contribution is 2.05. The molecule has 0 aliphatic carbocycles. The van der Waals surface area contributed by atoms with Crippen LogP contribution < -0.4 is 11.5 Å². The largest absolute Gasteiger partial charge is 0.351 e. The summed E-state index contributed by atoms with van der Waals surface area (Å²) in [5.41, 5.74) is 9.91. The highest BCUT2D eigenvalue weighted by molar-refractivity contribution is 5.92. The number of nitrogens with zero attached hydrogens (tertiary/aromatic N) is 1. The van der Waals surface area contributed by atoms with Crippen molar-refractivity contribution in [1.29, 1.82) is 0 Å². The Kier molecular flexibility index (Phi) is 4.10. The number of imide groups is 1. The summed E-state index contributed by atoms with van der Waals surface area (Å²) in [5.74, 6) is 0. The molecule has 0 aliphatic rings. The van der Waals surface area contributed by atoms with E-state index in [2.05, 4.69) is 0 Å². The predicted octanol–water partition coefficient (Wildman–Crippen LogP) is 0.634. The smallest absolute Gasteiger partial charge is 0.323 e. The van der Waals surface area contributed by atoms with Crippen molar-refractivity contribution in [3.05, 3.63) is 0 Å². The zero-order chi connectivity index (χ0) is 9.72. The second-order valence-electron chi connectivity index (χ2n) is 2.68. The average molecular weight is 173 g/mol. The Balaban J connectivity index is 4.29. The molecule has 0 rings (SSSR count). The van der Waals surface area contributed by atoms with E-state index < -0.39 is 12.1 Å². The lowest BCUT2D eigenvalue weighted by atomic mass is 10.2. The van der Waals surface area contributed by atoms with Crippen LogP contribution in [0.25, 0.3) is 0 Å². The molecule has 1 atom stereocenters. The van der Waals surface area contributed by atoms with Crippen molar-refractivity contribution < 1.29 is 9.59 Å². The zero-order valence-electron chi connectivity index (χ0n) is 7.41. The summed E-state index contributed by atoms with van der Waals surface area (Å²) in [7, 11) is 0. The van der Waals surface area contributed by atoms with Gasteiger partial charge < -0.3 is 11.5 Å². The van der Waals surface area contributed by atoms with E-state index in [0.29, 0.717) is 6.42 Å². The molecule has 0 saturated heterocycles. The molecule has 4 amide bonds. The molecule has 12 heavy (non-hydrogen) atoms. The van der Waals surface area contributed by atoms with E-state index in [1.807, 2.05) is 6.92 Å². The van der Waals surface area contributed by atoms with Crippen molar-refractivity contribution in [1.82, 2.24) is 4.90 Å². The number of nitrogens with two attached hydrogens (primary N) is 2. The van der Waals surface area contributed by atoms with E-state index in [9.17, 15) is 9.59 Å². The first-order valence-corrected chi connectivity index (χ1v) is 3.88. The molecule has 0 bridgehead atoms. The van der Waals surface area contributed by atoms with Crippen molar-refractivity contribution >= 4 is 12.1 Å². The zero-order valence-corrected chi connectivity index (χ0v) is 7.41.